The molecule has 1 unspecified atom stereocenters. The van der Waals surface area contributed by atoms with E-state index >= 15 is 0 Å². The van der Waals surface area contributed by atoms with Crippen LogP contribution >= 0.6 is 0 Å². The lowest BCUT2D eigenvalue weighted by molar-refractivity contribution is 0.460. The van der Waals surface area contributed by atoms with Gasteiger partial charge in [0, 0.05) is 5.56 Å². The highest BCUT2D eigenvalue weighted by Crippen LogP contribution is 2.14. The highest BCUT2D eigenvalue weighted by atomic mass is 15.6. The van der Waals surface area contributed by atoms with E-state index in [1.54, 1.807) is 0 Å². The topological polar surface area (TPSA) is 67.4 Å². The molecule has 0 N–H and O–H groups in total. The zero-order valence-corrected chi connectivity index (χ0v) is 8.91. The minimum absolute atomic E-state index is 0.343. The quantitative estimate of drug-likeness (QED) is 0.779. The van der Waals surface area contributed by atoms with Crippen LogP contribution in [0.3, 0.4) is 0 Å². The molecule has 0 amide bonds. The zero-order valence-electron chi connectivity index (χ0n) is 8.91. The van der Waals surface area contributed by atoms with Gasteiger partial charge >= 0.3 is 0 Å². The van der Waals surface area contributed by atoms with E-state index in [9.17, 15) is 0 Å². The Bertz CT molecular complexity index is 497. The van der Waals surface area contributed by atoms with Crippen molar-refractivity contribution in [3.8, 4) is 17.5 Å². The lowest BCUT2D eigenvalue weighted by Gasteiger charge is -2.01. The van der Waals surface area contributed by atoms with E-state index in [0.29, 0.717) is 12.2 Å². The van der Waals surface area contributed by atoms with Gasteiger partial charge in [-0.2, -0.15) is 5.26 Å². The van der Waals surface area contributed by atoms with Crippen LogP contribution in [-0.2, 0) is 0 Å². The fourth-order valence-electron chi connectivity index (χ4n) is 1.37. The van der Waals surface area contributed by atoms with E-state index in [0.717, 1.165) is 5.56 Å². The van der Waals surface area contributed by atoms with Crippen LogP contribution in [0.5, 0.6) is 0 Å². The molecule has 1 atom stereocenters. The van der Waals surface area contributed by atoms with Gasteiger partial charge in [0.25, 0.3) is 0 Å². The molecular formula is C11H11N5. The Morgan fingerprint density at radius 1 is 1.38 bits per heavy atom. The number of rotatable bonds is 3. The first-order valence-electron chi connectivity index (χ1n) is 5.09. The van der Waals surface area contributed by atoms with Crippen molar-refractivity contribution in [2.45, 2.75) is 19.4 Å². The summed E-state index contributed by atoms with van der Waals surface area (Å²) >= 11 is 0. The maximum atomic E-state index is 8.88. The molecule has 2 aromatic rings. The summed E-state index contributed by atoms with van der Waals surface area (Å²) in [6.45, 7) is 1.92. The minimum Gasteiger partial charge on any atom is -0.196 e. The summed E-state index contributed by atoms with van der Waals surface area (Å²) in [5, 5.41) is 20.9. The molecule has 2 rings (SSSR count). The molecule has 0 radical (unpaired) electrons. The van der Waals surface area contributed by atoms with Crippen molar-refractivity contribution in [2.75, 3.05) is 0 Å². The van der Waals surface area contributed by atoms with Gasteiger partial charge in [0.1, 0.15) is 0 Å². The Morgan fingerprint density at radius 3 is 2.75 bits per heavy atom. The fourth-order valence-corrected chi connectivity index (χ4v) is 1.37. The Kier molecular flexibility index (Phi) is 2.92. The molecular weight excluding hydrogens is 202 g/mol. The van der Waals surface area contributed by atoms with E-state index in [1.165, 1.54) is 4.80 Å². The number of hydrogen-bond acceptors (Lipinski definition) is 4. The van der Waals surface area contributed by atoms with Gasteiger partial charge in [0.15, 0.2) is 6.04 Å². The van der Waals surface area contributed by atoms with Crippen molar-refractivity contribution < 1.29 is 0 Å². The monoisotopic (exact) mass is 213 g/mol. The largest absolute Gasteiger partial charge is 0.204 e. The normalized spacial score (nSPS) is 12.0. The van der Waals surface area contributed by atoms with Crippen molar-refractivity contribution in [1.29, 1.82) is 5.26 Å². The molecule has 0 saturated heterocycles. The first-order chi connectivity index (χ1) is 7.85. The van der Waals surface area contributed by atoms with E-state index in [4.69, 9.17) is 5.26 Å². The second-order valence-electron chi connectivity index (χ2n) is 3.35. The van der Waals surface area contributed by atoms with Gasteiger partial charge in [-0.25, -0.2) is 0 Å². The van der Waals surface area contributed by atoms with E-state index in [1.807, 2.05) is 37.3 Å². The Balaban J connectivity index is 2.30. The number of nitrogens with zero attached hydrogens (tertiary/aromatic N) is 5. The van der Waals surface area contributed by atoms with Crippen molar-refractivity contribution in [3.05, 3.63) is 30.3 Å². The molecule has 1 aromatic carbocycles. The van der Waals surface area contributed by atoms with Crippen LogP contribution in [0.15, 0.2) is 30.3 Å². The second-order valence-corrected chi connectivity index (χ2v) is 3.35. The molecule has 5 nitrogen and oxygen atoms in total. The average Bonchev–Trinajstić information content (AvgIpc) is 2.81. The maximum absolute atomic E-state index is 8.88. The summed E-state index contributed by atoms with van der Waals surface area (Å²) in [6.07, 6.45) is 0.668. The molecule has 0 saturated carbocycles. The third kappa shape index (κ3) is 1.91. The summed E-state index contributed by atoms with van der Waals surface area (Å²) in [5.41, 5.74) is 0.904. The summed E-state index contributed by atoms with van der Waals surface area (Å²) in [7, 11) is 0. The highest BCUT2D eigenvalue weighted by Gasteiger charge is 2.12. The molecule has 0 fully saturated rings. The van der Waals surface area contributed by atoms with Crippen LogP contribution in [0, 0.1) is 11.3 Å². The SMILES string of the molecule is CCC(C#N)n1nnc(-c2ccccc2)n1. The average molecular weight is 213 g/mol. The van der Waals surface area contributed by atoms with Gasteiger partial charge in [0.2, 0.25) is 5.82 Å². The van der Waals surface area contributed by atoms with Gasteiger partial charge < -0.3 is 0 Å². The molecule has 5 heteroatoms. The summed E-state index contributed by atoms with van der Waals surface area (Å²) in [6, 6.07) is 11.4. The van der Waals surface area contributed by atoms with Gasteiger partial charge in [0.05, 0.1) is 6.07 Å². The predicted octanol–water partition coefficient (Wildman–Crippen LogP) is 1.81. The Morgan fingerprint density at radius 2 is 2.12 bits per heavy atom. The van der Waals surface area contributed by atoms with Gasteiger partial charge in [-0.3, -0.25) is 0 Å². The van der Waals surface area contributed by atoms with E-state index < -0.39 is 0 Å². The molecule has 0 aliphatic carbocycles. The first-order valence-corrected chi connectivity index (χ1v) is 5.09. The van der Waals surface area contributed by atoms with Crippen LogP contribution in [0.25, 0.3) is 11.4 Å². The number of benzene rings is 1. The summed E-state index contributed by atoms with van der Waals surface area (Å²) < 4.78 is 0. The Labute approximate surface area is 93.3 Å². The Hall–Kier alpha value is -2.22. The molecule has 1 aromatic heterocycles. The third-order valence-corrected chi connectivity index (χ3v) is 2.27. The van der Waals surface area contributed by atoms with Crippen LogP contribution < -0.4 is 0 Å². The maximum Gasteiger partial charge on any atom is 0.204 e. The van der Waals surface area contributed by atoms with Gasteiger partial charge in [-0.1, -0.05) is 37.3 Å². The molecule has 0 aliphatic heterocycles. The standard InChI is InChI=1S/C11H11N5/c1-2-10(8-12)16-14-11(13-15-16)9-6-4-3-5-7-9/h3-7,10H,2H2,1H3. The number of aromatic nitrogens is 4. The lowest BCUT2D eigenvalue weighted by atomic mass is 10.2. The molecule has 0 aliphatic rings. The van der Waals surface area contributed by atoms with Crippen LogP contribution in [0.4, 0.5) is 0 Å². The third-order valence-electron chi connectivity index (χ3n) is 2.27. The van der Waals surface area contributed by atoms with Crippen molar-refractivity contribution in [3.63, 3.8) is 0 Å². The number of hydrogen-bond donors (Lipinski definition) is 0. The summed E-state index contributed by atoms with van der Waals surface area (Å²) in [5.74, 6) is 0.550. The molecule has 1 heterocycles. The molecule has 0 spiro atoms. The lowest BCUT2D eigenvalue weighted by Crippen LogP contribution is -2.09. The fraction of sp³-hybridized carbons (Fsp3) is 0.273. The van der Waals surface area contributed by atoms with Crippen molar-refractivity contribution >= 4 is 0 Å². The van der Waals surface area contributed by atoms with E-state index in [2.05, 4.69) is 21.5 Å². The predicted molar refractivity (Wildman–Crippen MR) is 58.2 cm³/mol. The summed E-state index contributed by atoms with van der Waals surface area (Å²) in [4.78, 5) is 1.36. The minimum atomic E-state index is -0.343. The van der Waals surface area contributed by atoms with Crippen LogP contribution in [0.1, 0.15) is 19.4 Å². The second kappa shape index (κ2) is 4.53. The van der Waals surface area contributed by atoms with Crippen LogP contribution in [0.2, 0.25) is 0 Å². The molecule has 80 valence electrons. The molecule has 16 heavy (non-hydrogen) atoms. The smallest absolute Gasteiger partial charge is 0.196 e. The van der Waals surface area contributed by atoms with Crippen LogP contribution in [-0.4, -0.2) is 20.2 Å². The number of nitriles is 1. The van der Waals surface area contributed by atoms with E-state index in [-0.39, 0.29) is 6.04 Å². The zero-order chi connectivity index (χ0) is 11.4. The number of tetrazole rings is 1. The van der Waals surface area contributed by atoms with Gasteiger partial charge in [-0.05, 0) is 11.6 Å². The van der Waals surface area contributed by atoms with Crippen molar-refractivity contribution in [1.82, 2.24) is 20.2 Å². The molecule has 0 bridgehead atoms. The highest BCUT2D eigenvalue weighted by molar-refractivity contribution is 5.52. The van der Waals surface area contributed by atoms with Gasteiger partial charge in [-0.15, -0.1) is 15.0 Å². The first kappa shape index (κ1) is 10.3. The van der Waals surface area contributed by atoms with Crippen molar-refractivity contribution in [2.24, 2.45) is 0 Å².